The molecule has 0 radical (unpaired) electrons. The maximum Gasteiger partial charge on any atom is 0.107 e. The lowest BCUT2D eigenvalue weighted by Gasteiger charge is -2.14. The van der Waals surface area contributed by atoms with E-state index >= 15 is 0 Å². The van der Waals surface area contributed by atoms with Crippen LogP contribution in [0.4, 0.5) is 0 Å². The summed E-state index contributed by atoms with van der Waals surface area (Å²) < 4.78 is 0. The van der Waals surface area contributed by atoms with Gasteiger partial charge in [-0.1, -0.05) is 27.7 Å². The Kier molecular flexibility index (Phi) is 5.42. The van der Waals surface area contributed by atoms with Crippen LogP contribution < -0.4 is 5.32 Å². The molecule has 0 bridgehead atoms. The maximum atomic E-state index is 4.62. The molecule has 1 rings (SSSR count). The summed E-state index contributed by atoms with van der Waals surface area (Å²) in [4.78, 5) is 4.62. The second kappa shape index (κ2) is 6.36. The summed E-state index contributed by atoms with van der Waals surface area (Å²) in [5, 5.41) is 6.91. The molecule has 0 aromatic carbocycles. The highest BCUT2D eigenvalue weighted by molar-refractivity contribution is 7.09. The minimum absolute atomic E-state index is 0.540. The lowest BCUT2D eigenvalue weighted by atomic mass is 10.1. The summed E-state index contributed by atoms with van der Waals surface area (Å²) in [7, 11) is 0. The van der Waals surface area contributed by atoms with Crippen molar-refractivity contribution in [1.82, 2.24) is 10.3 Å². The van der Waals surface area contributed by atoms with Crippen molar-refractivity contribution in [2.24, 2.45) is 5.92 Å². The number of rotatable bonds is 6. The van der Waals surface area contributed by atoms with Crippen LogP contribution >= 0.6 is 11.3 Å². The predicted octanol–water partition coefficient (Wildman–Crippen LogP) is 3.79. The Labute approximate surface area is 103 Å². The average molecular weight is 240 g/mol. The molecule has 1 unspecified atom stereocenters. The van der Waals surface area contributed by atoms with Gasteiger partial charge in [0.1, 0.15) is 5.01 Å². The fourth-order valence-corrected chi connectivity index (χ4v) is 2.63. The summed E-state index contributed by atoms with van der Waals surface area (Å²) in [5.41, 5.74) is 1.22. The molecular weight excluding hydrogens is 216 g/mol. The highest BCUT2D eigenvalue weighted by Gasteiger charge is 2.08. The smallest absolute Gasteiger partial charge is 0.107 e. The van der Waals surface area contributed by atoms with E-state index in [1.165, 1.54) is 17.1 Å². The number of thiazole rings is 1. The van der Waals surface area contributed by atoms with E-state index in [9.17, 15) is 0 Å². The van der Waals surface area contributed by atoms with Gasteiger partial charge in [0.25, 0.3) is 0 Å². The molecule has 1 aromatic rings. The Morgan fingerprint density at radius 2 is 1.94 bits per heavy atom. The zero-order valence-electron chi connectivity index (χ0n) is 11.1. The van der Waals surface area contributed by atoms with Gasteiger partial charge in [-0.25, -0.2) is 4.98 Å². The standard InChI is InChI=1S/C13H24N2S/c1-9(2)6-11(5)14-7-13-15-12(8-16-13)10(3)4/h8-11,14H,6-7H2,1-5H3. The summed E-state index contributed by atoms with van der Waals surface area (Å²) in [6.45, 7) is 12.1. The molecule has 0 amide bonds. The molecule has 0 saturated heterocycles. The minimum Gasteiger partial charge on any atom is -0.308 e. The highest BCUT2D eigenvalue weighted by Crippen LogP contribution is 2.17. The largest absolute Gasteiger partial charge is 0.308 e. The Bertz CT molecular complexity index is 305. The van der Waals surface area contributed by atoms with Crippen LogP contribution in [0, 0.1) is 5.92 Å². The van der Waals surface area contributed by atoms with Gasteiger partial charge in [0.05, 0.1) is 5.69 Å². The van der Waals surface area contributed by atoms with Crippen LogP contribution in [0.25, 0.3) is 0 Å². The first-order valence-electron chi connectivity index (χ1n) is 6.16. The first kappa shape index (κ1) is 13.7. The predicted molar refractivity (Wildman–Crippen MR) is 72.0 cm³/mol. The fourth-order valence-electron chi connectivity index (χ4n) is 1.72. The third-order valence-electron chi connectivity index (χ3n) is 2.59. The molecule has 0 fully saturated rings. The Balaban J connectivity index is 2.36. The van der Waals surface area contributed by atoms with E-state index in [0.717, 1.165) is 12.5 Å². The lowest BCUT2D eigenvalue weighted by molar-refractivity contribution is 0.441. The first-order chi connectivity index (χ1) is 7.49. The van der Waals surface area contributed by atoms with E-state index in [2.05, 4.69) is 50.3 Å². The molecular formula is C13H24N2S. The molecule has 16 heavy (non-hydrogen) atoms. The van der Waals surface area contributed by atoms with Gasteiger partial charge >= 0.3 is 0 Å². The van der Waals surface area contributed by atoms with Gasteiger partial charge in [-0.3, -0.25) is 0 Å². The van der Waals surface area contributed by atoms with Gasteiger partial charge in [-0.05, 0) is 25.2 Å². The molecule has 0 aliphatic rings. The molecule has 0 aliphatic carbocycles. The zero-order chi connectivity index (χ0) is 12.1. The van der Waals surface area contributed by atoms with Crippen LogP contribution in [-0.4, -0.2) is 11.0 Å². The summed E-state index contributed by atoms with van der Waals surface area (Å²) >= 11 is 1.77. The van der Waals surface area contributed by atoms with Crippen LogP contribution in [0.2, 0.25) is 0 Å². The van der Waals surface area contributed by atoms with Gasteiger partial charge in [-0.15, -0.1) is 11.3 Å². The third kappa shape index (κ3) is 4.62. The normalized spacial score (nSPS) is 13.7. The molecule has 1 N–H and O–H groups in total. The second-order valence-electron chi connectivity index (χ2n) is 5.23. The topological polar surface area (TPSA) is 24.9 Å². The van der Waals surface area contributed by atoms with Gasteiger partial charge < -0.3 is 5.32 Å². The zero-order valence-corrected chi connectivity index (χ0v) is 11.9. The van der Waals surface area contributed by atoms with Crippen molar-refractivity contribution in [2.45, 2.75) is 59.5 Å². The van der Waals surface area contributed by atoms with Crippen molar-refractivity contribution in [3.63, 3.8) is 0 Å². The molecule has 0 aliphatic heterocycles. The molecule has 1 atom stereocenters. The van der Waals surface area contributed by atoms with Crippen molar-refractivity contribution >= 4 is 11.3 Å². The second-order valence-corrected chi connectivity index (χ2v) is 6.17. The van der Waals surface area contributed by atoms with E-state index in [0.29, 0.717) is 12.0 Å². The van der Waals surface area contributed by atoms with Crippen molar-refractivity contribution < 1.29 is 0 Å². The molecule has 3 heteroatoms. The van der Waals surface area contributed by atoms with E-state index < -0.39 is 0 Å². The monoisotopic (exact) mass is 240 g/mol. The van der Waals surface area contributed by atoms with E-state index in [4.69, 9.17) is 0 Å². The van der Waals surface area contributed by atoms with Gasteiger partial charge in [0, 0.05) is 18.0 Å². The minimum atomic E-state index is 0.540. The van der Waals surface area contributed by atoms with Crippen molar-refractivity contribution in [1.29, 1.82) is 0 Å². The van der Waals surface area contributed by atoms with Gasteiger partial charge in [0.15, 0.2) is 0 Å². The quantitative estimate of drug-likeness (QED) is 0.818. The summed E-state index contributed by atoms with van der Waals surface area (Å²) in [5.74, 6) is 1.29. The molecule has 1 aromatic heterocycles. The van der Waals surface area contributed by atoms with Crippen LogP contribution in [0.5, 0.6) is 0 Å². The third-order valence-corrected chi connectivity index (χ3v) is 3.45. The number of aromatic nitrogens is 1. The van der Waals surface area contributed by atoms with Crippen LogP contribution in [-0.2, 0) is 6.54 Å². The van der Waals surface area contributed by atoms with Gasteiger partial charge in [0.2, 0.25) is 0 Å². The Morgan fingerprint density at radius 1 is 1.25 bits per heavy atom. The van der Waals surface area contributed by atoms with Crippen LogP contribution in [0.3, 0.4) is 0 Å². The number of hydrogen-bond donors (Lipinski definition) is 1. The Hall–Kier alpha value is -0.410. The average Bonchev–Trinajstić information content (AvgIpc) is 2.61. The van der Waals surface area contributed by atoms with E-state index in [1.807, 2.05) is 0 Å². The van der Waals surface area contributed by atoms with Crippen LogP contribution in [0.1, 0.15) is 57.7 Å². The lowest BCUT2D eigenvalue weighted by Crippen LogP contribution is -2.26. The SMILES string of the molecule is CC(C)CC(C)NCc1nc(C(C)C)cs1. The summed E-state index contributed by atoms with van der Waals surface area (Å²) in [6.07, 6.45) is 1.22. The van der Waals surface area contributed by atoms with Crippen molar-refractivity contribution in [2.75, 3.05) is 0 Å². The van der Waals surface area contributed by atoms with Crippen LogP contribution in [0.15, 0.2) is 5.38 Å². The van der Waals surface area contributed by atoms with Crippen molar-refractivity contribution in [3.8, 4) is 0 Å². The molecule has 0 saturated carbocycles. The molecule has 0 spiro atoms. The molecule has 1 heterocycles. The fraction of sp³-hybridized carbons (Fsp3) is 0.769. The maximum absolute atomic E-state index is 4.62. The highest BCUT2D eigenvalue weighted by atomic mass is 32.1. The molecule has 2 nitrogen and oxygen atoms in total. The first-order valence-corrected chi connectivity index (χ1v) is 7.04. The Morgan fingerprint density at radius 3 is 2.44 bits per heavy atom. The van der Waals surface area contributed by atoms with Crippen molar-refractivity contribution in [3.05, 3.63) is 16.1 Å². The van der Waals surface area contributed by atoms with Gasteiger partial charge in [-0.2, -0.15) is 0 Å². The molecule has 92 valence electrons. The summed E-state index contributed by atoms with van der Waals surface area (Å²) in [6, 6.07) is 0.575. The van der Waals surface area contributed by atoms with E-state index in [1.54, 1.807) is 11.3 Å². The number of nitrogens with one attached hydrogen (secondary N) is 1. The number of nitrogens with zero attached hydrogens (tertiary/aromatic N) is 1. The number of hydrogen-bond acceptors (Lipinski definition) is 3. The van der Waals surface area contributed by atoms with E-state index in [-0.39, 0.29) is 0 Å².